The number of nitrogens with one attached hydrogen (secondary N) is 1. The van der Waals surface area contributed by atoms with Crippen LogP contribution in [0.25, 0.3) is 11.0 Å². The largest absolute Gasteiger partial charge is 0.463 e. The number of carbonyl (C=O) groups excluding carboxylic acids is 1. The van der Waals surface area contributed by atoms with E-state index in [1.54, 1.807) is 18.4 Å². The fourth-order valence-electron chi connectivity index (χ4n) is 2.07. The van der Waals surface area contributed by atoms with Crippen molar-refractivity contribution in [3.05, 3.63) is 54.2 Å². The highest BCUT2D eigenvalue weighted by atomic mass is 16.3. The van der Waals surface area contributed by atoms with Gasteiger partial charge in [0.05, 0.1) is 29.9 Å². The topological polar surface area (TPSA) is 72.4 Å². The zero-order valence-corrected chi connectivity index (χ0v) is 11.5. The van der Waals surface area contributed by atoms with Gasteiger partial charge in [0.1, 0.15) is 11.6 Å². The summed E-state index contributed by atoms with van der Waals surface area (Å²) < 4.78 is 6.98. The molecule has 0 radical (unpaired) electrons. The van der Waals surface area contributed by atoms with Crippen molar-refractivity contribution >= 4 is 23.2 Å². The molecule has 1 amide bonds. The minimum absolute atomic E-state index is 0.167. The molecule has 2 aromatic heterocycles. The van der Waals surface area contributed by atoms with E-state index >= 15 is 0 Å². The molecule has 0 aliphatic rings. The van der Waals surface area contributed by atoms with Crippen LogP contribution in [0.5, 0.6) is 0 Å². The van der Waals surface area contributed by atoms with Crippen LogP contribution in [0.3, 0.4) is 0 Å². The van der Waals surface area contributed by atoms with Crippen molar-refractivity contribution in [1.82, 2.24) is 15.0 Å². The summed E-state index contributed by atoms with van der Waals surface area (Å²) in [5, 5.41) is 3.84. The number of aromatic nitrogens is 2. The Balaban J connectivity index is 1.67. The highest BCUT2D eigenvalue weighted by Crippen LogP contribution is 2.14. The number of carbonyl (C=O) groups is 1. The quantitative estimate of drug-likeness (QED) is 0.586. The smallest absolute Gasteiger partial charge is 0.247 e. The standard InChI is InChI=1S/C15H14N4O2/c1-19-13-7-3-2-6-12(13)17-14(19)9-15(20)18-16-10-11-5-4-8-21-11/h2-8,10H,9H2,1H3,(H,18,20)/b16-10-. The predicted octanol–water partition coefficient (Wildman–Crippen LogP) is 1.86. The monoisotopic (exact) mass is 282 g/mol. The number of aryl methyl sites for hydroxylation is 1. The molecule has 6 heteroatoms. The zero-order valence-electron chi connectivity index (χ0n) is 11.5. The predicted molar refractivity (Wildman–Crippen MR) is 78.9 cm³/mol. The summed E-state index contributed by atoms with van der Waals surface area (Å²) in [5.74, 6) is 1.05. The van der Waals surface area contributed by atoms with Crippen LogP contribution in [0.2, 0.25) is 0 Å². The SMILES string of the molecule is Cn1c(CC(=O)N/N=C\c2ccco2)nc2ccccc21. The number of hydrogen-bond acceptors (Lipinski definition) is 4. The number of hydrogen-bond donors (Lipinski definition) is 1. The Kier molecular flexibility index (Phi) is 3.51. The lowest BCUT2D eigenvalue weighted by atomic mass is 10.3. The molecule has 6 nitrogen and oxygen atoms in total. The van der Waals surface area contributed by atoms with Crippen molar-refractivity contribution in [3.63, 3.8) is 0 Å². The number of furan rings is 1. The maximum absolute atomic E-state index is 11.9. The Morgan fingerprint density at radius 1 is 1.38 bits per heavy atom. The Bertz CT molecular complexity index is 787. The van der Waals surface area contributed by atoms with Crippen LogP contribution in [0.4, 0.5) is 0 Å². The normalized spacial score (nSPS) is 11.3. The van der Waals surface area contributed by atoms with Gasteiger partial charge in [0.25, 0.3) is 0 Å². The van der Waals surface area contributed by atoms with Crippen LogP contribution in [-0.2, 0) is 18.3 Å². The van der Waals surface area contributed by atoms with E-state index in [0.29, 0.717) is 11.6 Å². The van der Waals surface area contributed by atoms with Crippen LogP contribution in [0.1, 0.15) is 11.6 Å². The van der Waals surface area contributed by atoms with Gasteiger partial charge in [-0.15, -0.1) is 0 Å². The van der Waals surface area contributed by atoms with Crippen LogP contribution in [0, 0.1) is 0 Å². The number of benzene rings is 1. The summed E-state index contributed by atoms with van der Waals surface area (Å²) in [6, 6.07) is 11.3. The van der Waals surface area contributed by atoms with E-state index < -0.39 is 0 Å². The second-order valence-electron chi connectivity index (χ2n) is 4.56. The molecule has 0 atom stereocenters. The lowest BCUT2D eigenvalue weighted by Gasteiger charge is -2.01. The van der Waals surface area contributed by atoms with Crippen molar-refractivity contribution in [2.45, 2.75) is 6.42 Å². The minimum Gasteiger partial charge on any atom is -0.463 e. The van der Waals surface area contributed by atoms with E-state index in [4.69, 9.17) is 4.42 Å². The van der Waals surface area contributed by atoms with Crippen molar-refractivity contribution in [2.24, 2.45) is 12.1 Å². The lowest BCUT2D eigenvalue weighted by molar-refractivity contribution is -0.120. The number of nitrogens with zero attached hydrogens (tertiary/aromatic N) is 3. The van der Waals surface area contributed by atoms with Gasteiger partial charge in [0.2, 0.25) is 5.91 Å². The average Bonchev–Trinajstić information content (AvgIpc) is 3.09. The molecule has 1 N–H and O–H groups in total. The molecule has 0 unspecified atom stereocenters. The van der Waals surface area contributed by atoms with Crippen LogP contribution >= 0.6 is 0 Å². The van der Waals surface area contributed by atoms with Crippen LogP contribution in [0.15, 0.2) is 52.2 Å². The van der Waals surface area contributed by atoms with E-state index in [0.717, 1.165) is 11.0 Å². The number of para-hydroxylation sites is 2. The Morgan fingerprint density at radius 2 is 2.24 bits per heavy atom. The van der Waals surface area contributed by atoms with Gasteiger partial charge in [-0.2, -0.15) is 5.10 Å². The summed E-state index contributed by atoms with van der Waals surface area (Å²) in [4.78, 5) is 16.3. The molecule has 21 heavy (non-hydrogen) atoms. The molecule has 0 saturated carbocycles. The highest BCUT2D eigenvalue weighted by molar-refractivity contribution is 5.82. The van der Waals surface area contributed by atoms with Gasteiger partial charge in [-0.25, -0.2) is 10.4 Å². The lowest BCUT2D eigenvalue weighted by Crippen LogP contribution is -2.21. The van der Waals surface area contributed by atoms with Gasteiger partial charge in [0.15, 0.2) is 0 Å². The van der Waals surface area contributed by atoms with Crippen molar-refractivity contribution in [3.8, 4) is 0 Å². The van der Waals surface area contributed by atoms with Crippen molar-refractivity contribution < 1.29 is 9.21 Å². The molecule has 1 aromatic carbocycles. The second kappa shape index (κ2) is 5.62. The van der Waals surface area contributed by atoms with Gasteiger partial charge in [-0.05, 0) is 24.3 Å². The fraction of sp³-hybridized carbons (Fsp3) is 0.133. The van der Waals surface area contributed by atoms with Crippen LogP contribution < -0.4 is 5.43 Å². The molecule has 3 rings (SSSR count). The first-order valence-corrected chi connectivity index (χ1v) is 6.50. The third-order valence-electron chi connectivity index (χ3n) is 3.12. The molecule has 2 heterocycles. The van der Waals surface area contributed by atoms with Crippen LogP contribution in [-0.4, -0.2) is 21.7 Å². The van der Waals surface area contributed by atoms with E-state index in [1.807, 2.05) is 35.9 Å². The molecule has 0 saturated heterocycles. The minimum atomic E-state index is -0.226. The highest BCUT2D eigenvalue weighted by Gasteiger charge is 2.10. The van der Waals surface area contributed by atoms with Gasteiger partial charge >= 0.3 is 0 Å². The van der Waals surface area contributed by atoms with Crippen molar-refractivity contribution in [2.75, 3.05) is 0 Å². The van der Waals surface area contributed by atoms with Gasteiger partial charge in [-0.3, -0.25) is 4.79 Å². The summed E-state index contributed by atoms with van der Waals surface area (Å²) in [6.45, 7) is 0. The van der Waals surface area contributed by atoms with Gasteiger partial charge < -0.3 is 8.98 Å². The first kappa shape index (κ1) is 13.1. The molecule has 0 aliphatic heterocycles. The van der Waals surface area contributed by atoms with E-state index in [-0.39, 0.29) is 12.3 Å². The number of hydrazone groups is 1. The molecule has 0 spiro atoms. The Hall–Kier alpha value is -2.89. The average molecular weight is 282 g/mol. The first-order chi connectivity index (χ1) is 10.2. The summed E-state index contributed by atoms with van der Waals surface area (Å²) >= 11 is 0. The molecule has 0 fully saturated rings. The summed E-state index contributed by atoms with van der Waals surface area (Å²) in [5.41, 5.74) is 4.33. The molecule has 106 valence electrons. The van der Waals surface area contributed by atoms with Crippen molar-refractivity contribution in [1.29, 1.82) is 0 Å². The Labute approximate surface area is 121 Å². The Morgan fingerprint density at radius 3 is 3.00 bits per heavy atom. The number of amides is 1. The van der Waals surface area contributed by atoms with E-state index in [2.05, 4.69) is 15.5 Å². The molecule has 3 aromatic rings. The summed E-state index contributed by atoms with van der Waals surface area (Å²) in [6.07, 6.45) is 3.16. The third-order valence-corrected chi connectivity index (χ3v) is 3.12. The molecule has 0 aliphatic carbocycles. The maximum atomic E-state index is 11.9. The summed E-state index contributed by atoms with van der Waals surface area (Å²) in [7, 11) is 1.89. The van der Waals surface area contributed by atoms with E-state index in [1.165, 1.54) is 6.21 Å². The number of rotatable bonds is 4. The van der Waals surface area contributed by atoms with Gasteiger partial charge in [0, 0.05) is 7.05 Å². The second-order valence-corrected chi connectivity index (χ2v) is 4.56. The molecular formula is C15H14N4O2. The first-order valence-electron chi connectivity index (χ1n) is 6.50. The number of fused-ring (bicyclic) bond motifs is 1. The van der Waals surface area contributed by atoms with Gasteiger partial charge in [-0.1, -0.05) is 12.1 Å². The fourth-order valence-corrected chi connectivity index (χ4v) is 2.07. The molecular weight excluding hydrogens is 268 g/mol. The zero-order chi connectivity index (χ0) is 14.7. The molecule has 0 bridgehead atoms. The van der Waals surface area contributed by atoms with E-state index in [9.17, 15) is 4.79 Å². The maximum Gasteiger partial charge on any atom is 0.247 e. The third kappa shape index (κ3) is 2.84. The number of imidazole rings is 1.